The van der Waals surface area contributed by atoms with Crippen molar-refractivity contribution in [3.8, 4) is 0 Å². The molecule has 130 valence electrons. The largest absolute Gasteiger partial charge is 0.363 e. The average Bonchev–Trinajstić information content (AvgIpc) is 3.12. The van der Waals surface area contributed by atoms with Gasteiger partial charge in [0.25, 0.3) is 0 Å². The Morgan fingerprint density at radius 1 is 0.840 bits per heavy atom. The average molecular weight is 352 g/mol. The number of hydrogen-bond acceptors (Lipinski definition) is 3. The Morgan fingerprint density at radius 2 is 1.40 bits per heavy atom. The maximum Gasteiger partial charge on any atom is 0.123 e. The zero-order valence-corrected chi connectivity index (χ0v) is 15.3. The van der Waals surface area contributed by atoms with Crippen LogP contribution >= 0.6 is 11.8 Å². The van der Waals surface area contributed by atoms with Crippen molar-refractivity contribution in [1.29, 1.82) is 0 Å². The standard InChI is InChI=1S/C22H25NOS/c1-3-8-16(9-4-1)20-18-12-7-13-19(22(18)24-14-15-25-22)21(23-20)17-10-5-2-6-11-17/h1-6,8-11,18-21,23H,7,12-15H2/t18-,19+,20+,21-,22?. The van der Waals surface area contributed by atoms with Crippen LogP contribution in [0.5, 0.6) is 0 Å². The van der Waals surface area contributed by atoms with E-state index < -0.39 is 0 Å². The number of hydrogen-bond donors (Lipinski definition) is 1. The smallest absolute Gasteiger partial charge is 0.123 e. The second-order valence-electron chi connectivity index (χ2n) is 7.51. The summed E-state index contributed by atoms with van der Waals surface area (Å²) >= 11 is 2.09. The number of thioether (sulfide) groups is 1. The first kappa shape index (κ1) is 15.9. The zero-order valence-electron chi connectivity index (χ0n) is 14.4. The van der Waals surface area contributed by atoms with Gasteiger partial charge in [0.1, 0.15) is 4.93 Å². The number of nitrogens with one attached hydrogen (secondary N) is 1. The fraction of sp³-hybridized carbons (Fsp3) is 0.455. The molecule has 5 atom stereocenters. The molecule has 2 aliphatic heterocycles. The van der Waals surface area contributed by atoms with Gasteiger partial charge >= 0.3 is 0 Å². The van der Waals surface area contributed by atoms with Crippen LogP contribution in [0.3, 0.4) is 0 Å². The van der Waals surface area contributed by atoms with E-state index >= 15 is 0 Å². The Labute approximate surface area is 154 Å². The van der Waals surface area contributed by atoms with Crippen molar-refractivity contribution in [3.05, 3.63) is 71.8 Å². The van der Waals surface area contributed by atoms with Crippen LogP contribution in [0.2, 0.25) is 0 Å². The van der Waals surface area contributed by atoms with Gasteiger partial charge in [0.2, 0.25) is 0 Å². The molecule has 1 spiro atoms. The summed E-state index contributed by atoms with van der Waals surface area (Å²) in [4.78, 5) is -0.00941. The van der Waals surface area contributed by atoms with E-state index in [2.05, 4.69) is 77.7 Å². The summed E-state index contributed by atoms with van der Waals surface area (Å²) in [5.41, 5.74) is 2.81. The summed E-state index contributed by atoms with van der Waals surface area (Å²) in [7, 11) is 0. The Balaban J connectivity index is 1.61. The highest BCUT2D eigenvalue weighted by Gasteiger charge is 2.59. The second kappa shape index (κ2) is 6.46. The van der Waals surface area contributed by atoms with Gasteiger partial charge < -0.3 is 10.1 Å². The minimum Gasteiger partial charge on any atom is -0.363 e. The third-order valence-corrected chi connectivity index (χ3v) is 7.83. The second-order valence-corrected chi connectivity index (χ2v) is 8.84. The molecule has 2 aromatic rings. The fourth-order valence-corrected chi connectivity index (χ4v) is 6.90. The maximum atomic E-state index is 6.57. The lowest BCUT2D eigenvalue weighted by molar-refractivity contribution is -0.109. The van der Waals surface area contributed by atoms with Crippen molar-refractivity contribution < 1.29 is 4.74 Å². The van der Waals surface area contributed by atoms with Crippen molar-refractivity contribution in [2.45, 2.75) is 36.3 Å². The summed E-state index contributed by atoms with van der Waals surface area (Å²) in [6.07, 6.45) is 3.84. The predicted octanol–water partition coefficient (Wildman–Crippen LogP) is 4.95. The first-order valence-electron chi connectivity index (χ1n) is 9.52. The molecule has 3 heteroatoms. The van der Waals surface area contributed by atoms with Crippen LogP contribution in [0.4, 0.5) is 0 Å². The van der Waals surface area contributed by atoms with E-state index in [0.29, 0.717) is 23.9 Å². The van der Waals surface area contributed by atoms with Gasteiger partial charge in [-0.15, -0.1) is 11.8 Å². The quantitative estimate of drug-likeness (QED) is 0.827. The number of piperidine rings is 1. The molecule has 1 aliphatic carbocycles. The van der Waals surface area contributed by atoms with Crippen LogP contribution in [-0.2, 0) is 4.74 Å². The normalized spacial score (nSPS) is 37.3. The minimum atomic E-state index is -0.00941. The van der Waals surface area contributed by atoms with Crippen molar-refractivity contribution >= 4 is 11.8 Å². The summed E-state index contributed by atoms with van der Waals surface area (Å²) < 4.78 is 6.57. The van der Waals surface area contributed by atoms with Crippen LogP contribution in [0, 0.1) is 11.8 Å². The number of ether oxygens (including phenoxy) is 1. The lowest BCUT2D eigenvalue weighted by Gasteiger charge is -2.56. The molecular weight excluding hydrogens is 326 g/mol. The minimum absolute atomic E-state index is 0.00941. The van der Waals surface area contributed by atoms with E-state index in [1.807, 2.05) is 0 Å². The van der Waals surface area contributed by atoms with Crippen molar-refractivity contribution in [3.63, 3.8) is 0 Å². The Bertz CT molecular complexity index is 658. The molecule has 0 radical (unpaired) electrons. The van der Waals surface area contributed by atoms with Gasteiger partial charge in [0.15, 0.2) is 0 Å². The molecule has 0 amide bonds. The van der Waals surface area contributed by atoms with Gasteiger partial charge in [-0.2, -0.15) is 0 Å². The molecule has 1 N–H and O–H groups in total. The zero-order chi connectivity index (χ0) is 16.7. The molecule has 0 aromatic heterocycles. The molecule has 5 rings (SSSR count). The van der Waals surface area contributed by atoms with Crippen molar-refractivity contribution in [1.82, 2.24) is 5.32 Å². The van der Waals surface area contributed by atoms with Gasteiger partial charge in [0, 0.05) is 29.7 Å². The first-order valence-corrected chi connectivity index (χ1v) is 10.5. The molecule has 2 aromatic carbocycles. The third-order valence-electron chi connectivity index (χ3n) is 6.28. The SMILES string of the molecule is c1ccc([C@H]2N[C@@H](c3ccccc3)[C@H]3CCC[C@@H]2C32OCCS2)cc1. The highest BCUT2D eigenvalue weighted by atomic mass is 32.2. The van der Waals surface area contributed by atoms with Crippen LogP contribution in [0.1, 0.15) is 42.5 Å². The van der Waals surface area contributed by atoms with Crippen LogP contribution in [0.15, 0.2) is 60.7 Å². The highest BCUT2D eigenvalue weighted by Crippen LogP contribution is 2.61. The molecular formula is C22H25NOS. The van der Waals surface area contributed by atoms with Crippen molar-refractivity contribution in [2.75, 3.05) is 12.4 Å². The number of rotatable bonds is 2. The molecule has 2 nitrogen and oxygen atoms in total. The van der Waals surface area contributed by atoms with E-state index in [1.165, 1.54) is 30.4 Å². The highest BCUT2D eigenvalue weighted by molar-refractivity contribution is 8.00. The van der Waals surface area contributed by atoms with Crippen LogP contribution in [-0.4, -0.2) is 17.3 Å². The molecule has 25 heavy (non-hydrogen) atoms. The van der Waals surface area contributed by atoms with Crippen LogP contribution < -0.4 is 5.32 Å². The molecule has 1 unspecified atom stereocenters. The van der Waals surface area contributed by atoms with E-state index in [9.17, 15) is 0 Å². The molecule has 3 aliphatic rings. The molecule has 1 saturated carbocycles. The van der Waals surface area contributed by atoms with E-state index in [1.54, 1.807) is 0 Å². The fourth-order valence-electron chi connectivity index (χ4n) is 5.31. The summed E-state index contributed by atoms with van der Waals surface area (Å²) in [5, 5.41) is 4.05. The molecule has 2 bridgehead atoms. The van der Waals surface area contributed by atoms with E-state index in [-0.39, 0.29) is 4.93 Å². The molecule has 3 fully saturated rings. The van der Waals surface area contributed by atoms with Crippen molar-refractivity contribution in [2.24, 2.45) is 11.8 Å². The third kappa shape index (κ3) is 2.56. The van der Waals surface area contributed by atoms with Gasteiger partial charge in [-0.05, 0) is 24.0 Å². The number of benzene rings is 2. The Kier molecular flexibility index (Phi) is 4.11. The predicted molar refractivity (Wildman–Crippen MR) is 103 cm³/mol. The van der Waals surface area contributed by atoms with E-state index in [4.69, 9.17) is 4.74 Å². The lowest BCUT2D eigenvalue weighted by Crippen LogP contribution is -2.59. The summed E-state index contributed by atoms with van der Waals surface area (Å²) in [5.74, 6) is 2.25. The topological polar surface area (TPSA) is 21.3 Å². The van der Waals surface area contributed by atoms with Gasteiger partial charge in [0.05, 0.1) is 6.61 Å². The van der Waals surface area contributed by atoms with Gasteiger partial charge in [-0.1, -0.05) is 67.1 Å². The van der Waals surface area contributed by atoms with Gasteiger partial charge in [-0.25, -0.2) is 0 Å². The van der Waals surface area contributed by atoms with E-state index in [0.717, 1.165) is 12.4 Å². The molecule has 2 heterocycles. The van der Waals surface area contributed by atoms with Gasteiger partial charge in [-0.3, -0.25) is 0 Å². The Morgan fingerprint density at radius 3 is 1.88 bits per heavy atom. The van der Waals surface area contributed by atoms with Crippen LogP contribution in [0.25, 0.3) is 0 Å². The Hall–Kier alpha value is -1.29. The lowest BCUT2D eigenvalue weighted by atomic mass is 9.65. The first-order chi connectivity index (χ1) is 12.4. The monoisotopic (exact) mass is 351 g/mol. The summed E-state index contributed by atoms with van der Waals surface area (Å²) in [6.45, 7) is 0.903. The molecule has 2 saturated heterocycles. The maximum absolute atomic E-state index is 6.57. The summed E-state index contributed by atoms with van der Waals surface area (Å²) in [6, 6.07) is 22.7.